The first-order chi connectivity index (χ1) is 8.17. The number of rotatable bonds is 5. The Morgan fingerprint density at radius 1 is 1.41 bits per heavy atom. The molecule has 1 rings (SSSR count). The topological polar surface area (TPSA) is 59.6 Å². The van der Waals surface area contributed by atoms with E-state index in [-0.39, 0.29) is 5.75 Å². The Morgan fingerprint density at radius 2 is 2.06 bits per heavy atom. The summed E-state index contributed by atoms with van der Waals surface area (Å²) in [7, 11) is 0. The van der Waals surface area contributed by atoms with Crippen LogP contribution in [0, 0.1) is 0 Å². The molecule has 1 aromatic carbocycles. The summed E-state index contributed by atoms with van der Waals surface area (Å²) >= 11 is 0. The van der Waals surface area contributed by atoms with Crippen molar-refractivity contribution in [2.75, 3.05) is 6.54 Å². The highest BCUT2D eigenvalue weighted by Gasteiger charge is 2.05. The second-order valence-corrected chi connectivity index (χ2v) is 3.28. The Kier molecular flexibility index (Phi) is 5.35. The Balaban J connectivity index is 2.78. The van der Waals surface area contributed by atoms with Crippen molar-refractivity contribution in [1.82, 2.24) is 5.43 Å². The quantitative estimate of drug-likeness (QED) is 0.359. The molecule has 0 fully saturated rings. The van der Waals surface area contributed by atoms with Crippen LogP contribution in [0.2, 0.25) is 0 Å². The van der Waals surface area contributed by atoms with Gasteiger partial charge in [0.25, 0.3) is 0 Å². The molecule has 0 radical (unpaired) electrons. The molecule has 17 heavy (non-hydrogen) atoms. The standard InChI is InChI=1S/C11H15F2N3O/c1-2-7-15-10(16-14)8-3-5-9(6-4-8)17-11(12)13/h3-6,11H,2,7,14H2,1H3,(H,15,16). The minimum absolute atomic E-state index is 0.107. The molecule has 0 aliphatic rings. The number of nitrogens with one attached hydrogen (secondary N) is 1. The van der Waals surface area contributed by atoms with Gasteiger partial charge in [-0.3, -0.25) is 4.99 Å². The maximum Gasteiger partial charge on any atom is 0.387 e. The molecule has 0 bridgehead atoms. The highest BCUT2D eigenvalue weighted by Crippen LogP contribution is 2.14. The lowest BCUT2D eigenvalue weighted by Gasteiger charge is -2.08. The molecule has 0 heterocycles. The van der Waals surface area contributed by atoms with E-state index in [4.69, 9.17) is 5.84 Å². The molecule has 0 aliphatic heterocycles. The van der Waals surface area contributed by atoms with E-state index in [1.54, 1.807) is 12.1 Å². The molecule has 0 unspecified atom stereocenters. The zero-order valence-corrected chi connectivity index (χ0v) is 9.49. The van der Waals surface area contributed by atoms with E-state index in [1.165, 1.54) is 12.1 Å². The molecule has 0 aliphatic carbocycles. The van der Waals surface area contributed by atoms with Crippen LogP contribution in [0.15, 0.2) is 29.3 Å². The van der Waals surface area contributed by atoms with Crippen molar-refractivity contribution >= 4 is 5.84 Å². The number of benzene rings is 1. The van der Waals surface area contributed by atoms with Crippen LogP contribution < -0.4 is 16.0 Å². The van der Waals surface area contributed by atoms with Gasteiger partial charge in [-0.1, -0.05) is 6.92 Å². The summed E-state index contributed by atoms with van der Waals surface area (Å²) in [5, 5.41) is 0. The van der Waals surface area contributed by atoms with E-state index in [0.29, 0.717) is 12.4 Å². The number of nitrogens with two attached hydrogens (primary N) is 1. The third-order valence-corrected chi connectivity index (χ3v) is 1.98. The molecule has 0 spiro atoms. The smallest absolute Gasteiger partial charge is 0.387 e. The maximum atomic E-state index is 11.9. The van der Waals surface area contributed by atoms with Crippen LogP contribution in [0.5, 0.6) is 5.75 Å². The summed E-state index contributed by atoms with van der Waals surface area (Å²) < 4.78 is 28.1. The SMILES string of the molecule is CCCN=C(NN)c1ccc(OC(F)F)cc1. The van der Waals surface area contributed by atoms with Crippen LogP contribution in [0.4, 0.5) is 8.78 Å². The van der Waals surface area contributed by atoms with E-state index >= 15 is 0 Å². The van der Waals surface area contributed by atoms with Gasteiger partial charge in [0.15, 0.2) is 0 Å². The molecule has 0 amide bonds. The van der Waals surface area contributed by atoms with E-state index in [9.17, 15) is 8.78 Å². The third-order valence-electron chi connectivity index (χ3n) is 1.98. The van der Waals surface area contributed by atoms with E-state index in [1.807, 2.05) is 6.92 Å². The van der Waals surface area contributed by atoms with Gasteiger partial charge in [-0.15, -0.1) is 0 Å². The summed E-state index contributed by atoms with van der Waals surface area (Å²) in [6, 6.07) is 6.12. The van der Waals surface area contributed by atoms with Crippen LogP contribution in [0.3, 0.4) is 0 Å². The lowest BCUT2D eigenvalue weighted by Crippen LogP contribution is -2.31. The van der Waals surface area contributed by atoms with Crippen molar-refractivity contribution in [3.63, 3.8) is 0 Å². The molecule has 1 aromatic rings. The molecule has 3 N–H and O–H groups in total. The van der Waals surface area contributed by atoms with Crippen LogP contribution in [-0.2, 0) is 0 Å². The monoisotopic (exact) mass is 243 g/mol. The van der Waals surface area contributed by atoms with Crippen LogP contribution in [-0.4, -0.2) is 19.0 Å². The van der Waals surface area contributed by atoms with Crippen LogP contribution >= 0.6 is 0 Å². The van der Waals surface area contributed by atoms with Gasteiger partial charge in [0.2, 0.25) is 0 Å². The Morgan fingerprint density at radius 3 is 2.53 bits per heavy atom. The normalized spacial score (nSPS) is 11.7. The average molecular weight is 243 g/mol. The fourth-order valence-electron chi connectivity index (χ4n) is 1.24. The summed E-state index contributed by atoms with van der Waals surface area (Å²) in [6.07, 6.45) is 0.901. The number of alkyl halides is 2. The van der Waals surface area contributed by atoms with Crippen molar-refractivity contribution in [2.24, 2.45) is 10.8 Å². The van der Waals surface area contributed by atoms with Gasteiger partial charge in [-0.2, -0.15) is 8.78 Å². The Labute approximate surface area is 98.5 Å². The first-order valence-electron chi connectivity index (χ1n) is 5.23. The predicted octanol–water partition coefficient (Wildman–Crippen LogP) is 1.91. The third kappa shape index (κ3) is 4.36. The van der Waals surface area contributed by atoms with Gasteiger partial charge in [-0.25, -0.2) is 5.84 Å². The fraction of sp³-hybridized carbons (Fsp3) is 0.364. The second-order valence-electron chi connectivity index (χ2n) is 3.28. The molecule has 0 saturated heterocycles. The summed E-state index contributed by atoms with van der Waals surface area (Å²) in [6.45, 7) is -0.173. The molecule has 0 aromatic heterocycles. The van der Waals surface area contributed by atoms with Crippen molar-refractivity contribution in [3.05, 3.63) is 29.8 Å². The Hall–Kier alpha value is -1.69. The van der Waals surface area contributed by atoms with E-state index in [0.717, 1.165) is 12.0 Å². The molecule has 0 atom stereocenters. The molecular weight excluding hydrogens is 228 g/mol. The lowest BCUT2D eigenvalue weighted by atomic mass is 10.2. The van der Waals surface area contributed by atoms with Gasteiger partial charge in [-0.05, 0) is 30.7 Å². The summed E-state index contributed by atoms with van der Waals surface area (Å²) in [5.41, 5.74) is 3.20. The number of hydrazine groups is 1. The van der Waals surface area contributed by atoms with Crippen LogP contribution in [0.25, 0.3) is 0 Å². The number of hydrogen-bond acceptors (Lipinski definition) is 3. The van der Waals surface area contributed by atoms with Gasteiger partial charge >= 0.3 is 6.61 Å². The average Bonchev–Trinajstić information content (AvgIpc) is 2.31. The minimum atomic E-state index is -2.82. The molecule has 4 nitrogen and oxygen atoms in total. The summed E-state index contributed by atoms with van der Waals surface area (Å²) in [4.78, 5) is 4.21. The van der Waals surface area contributed by atoms with E-state index < -0.39 is 6.61 Å². The van der Waals surface area contributed by atoms with Crippen molar-refractivity contribution in [1.29, 1.82) is 0 Å². The molecule has 94 valence electrons. The highest BCUT2D eigenvalue weighted by molar-refractivity contribution is 5.98. The van der Waals surface area contributed by atoms with Crippen molar-refractivity contribution in [3.8, 4) is 5.75 Å². The number of halogens is 2. The lowest BCUT2D eigenvalue weighted by molar-refractivity contribution is -0.0498. The number of nitrogens with zero attached hydrogens (tertiary/aromatic N) is 1. The summed E-state index contributed by atoms with van der Waals surface area (Å²) in [5.74, 6) is 5.96. The van der Waals surface area contributed by atoms with Crippen LogP contribution in [0.1, 0.15) is 18.9 Å². The van der Waals surface area contributed by atoms with E-state index in [2.05, 4.69) is 15.2 Å². The largest absolute Gasteiger partial charge is 0.435 e. The second kappa shape index (κ2) is 6.80. The zero-order chi connectivity index (χ0) is 12.7. The van der Waals surface area contributed by atoms with Gasteiger partial charge in [0.1, 0.15) is 11.6 Å². The van der Waals surface area contributed by atoms with Gasteiger partial charge in [0.05, 0.1) is 0 Å². The first kappa shape index (κ1) is 13.4. The fourth-order valence-corrected chi connectivity index (χ4v) is 1.24. The van der Waals surface area contributed by atoms with Crippen molar-refractivity contribution in [2.45, 2.75) is 20.0 Å². The van der Waals surface area contributed by atoms with Gasteiger partial charge in [0, 0.05) is 12.1 Å². The predicted molar refractivity (Wildman–Crippen MR) is 62.1 cm³/mol. The molecule has 6 heteroatoms. The first-order valence-corrected chi connectivity index (χ1v) is 5.23. The van der Waals surface area contributed by atoms with Crippen molar-refractivity contribution < 1.29 is 13.5 Å². The highest BCUT2D eigenvalue weighted by atomic mass is 19.3. The number of hydrogen-bond donors (Lipinski definition) is 2. The minimum Gasteiger partial charge on any atom is -0.435 e. The number of ether oxygens (including phenoxy) is 1. The number of amidine groups is 1. The maximum absolute atomic E-state index is 11.9. The zero-order valence-electron chi connectivity index (χ0n) is 9.49. The molecular formula is C11H15F2N3O. The van der Waals surface area contributed by atoms with Gasteiger partial charge < -0.3 is 10.2 Å². The Bertz CT molecular complexity index is 365. The molecule has 0 saturated carbocycles. The number of aliphatic imine (C=N–C) groups is 1.